The summed E-state index contributed by atoms with van der Waals surface area (Å²) in [6, 6.07) is 15.7. The fraction of sp³-hybridized carbons (Fsp3) is 0.552. The van der Waals surface area contributed by atoms with Gasteiger partial charge in [0.2, 0.25) is 23.2 Å². The van der Waals surface area contributed by atoms with Gasteiger partial charge in [-0.3, -0.25) is 33.0 Å². The number of hydrogen-bond acceptors (Lipinski definition) is 13. The molecule has 0 bridgehead atoms. The molecule has 2 fully saturated rings. The van der Waals surface area contributed by atoms with E-state index >= 15 is 0 Å². The molecule has 19 nitrogen and oxygen atoms in total. The highest BCUT2D eigenvalue weighted by Gasteiger charge is 2.53. The number of fused-ring (bicyclic) bond motifs is 6. The van der Waals surface area contributed by atoms with Crippen molar-refractivity contribution in [1.82, 2.24) is 34.3 Å². The minimum absolute atomic E-state index is 0.0241. The smallest absolute Gasteiger partial charge is 0.386 e. The Morgan fingerprint density at radius 2 is 1.77 bits per heavy atom. The molecule has 416 valence electrons. The van der Waals surface area contributed by atoms with Crippen LogP contribution in [0.25, 0.3) is 16.7 Å². The monoisotopic (exact) mass is 1090 g/mol. The zero-order valence-corrected chi connectivity index (χ0v) is 47.0. The largest absolute Gasteiger partial charge is 0.472 e. The molecule has 7 heterocycles. The first kappa shape index (κ1) is 54.0. The zero-order chi connectivity index (χ0) is 55.0. The molecule has 2 aromatic heterocycles. The molecule has 78 heavy (non-hydrogen) atoms. The molecule has 0 radical (unpaired) electrons. The number of nitrogens with zero attached hydrogens (tertiary/aromatic N) is 6. The highest BCUT2D eigenvalue weighted by Crippen LogP contribution is 2.53. The van der Waals surface area contributed by atoms with Crippen molar-refractivity contribution in [2.45, 2.75) is 154 Å². The van der Waals surface area contributed by atoms with Crippen LogP contribution in [0, 0.1) is 0 Å². The van der Waals surface area contributed by atoms with Gasteiger partial charge in [0.05, 0.1) is 6.61 Å². The van der Waals surface area contributed by atoms with Gasteiger partial charge >= 0.3 is 7.82 Å². The predicted octanol–water partition coefficient (Wildman–Crippen LogP) is 5.50. The number of imidazole rings is 1. The number of nitrogens with two attached hydrogens (primary N) is 1. The number of aliphatic hydroxyl groups excluding tert-OH is 1. The summed E-state index contributed by atoms with van der Waals surface area (Å²) in [5, 5.41) is 20.2. The number of ether oxygens (including phenoxy) is 1. The van der Waals surface area contributed by atoms with Crippen molar-refractivity contribution < 1.29 is 37.9 Å². The number of aryl methyl sites for hydroxylation is 1. The van der Waals surface area contributed by atoms with E-state index in [1.54, 1.807) is 4.90 Å². The number of aromatic amines is 1. The minimum atomic E-state index is -4.38. The van der Waals surface area contributed by atoms with Crippen LogP contribution in [0.3, 0.4) is 0 Å². The SMILES string of the molecule is CCN1c2cc3c(cc2C(C)CC1(C)C)C(c1ccccc1C(=O)N(C)CCCC(=O)NCCCCCCNc1nc2c(=O)[nH]c(N)nc2n1[C@@H]1O[C@@H]2COP(=O)(O)O[C@H]2[C@H]1O)=c1cc2c4c(c1C3(C)C)CCC[N+]=4CCC2. The van der Waals surface area contributed by atoms with Crippen LogP contribution in [-0.2, 0) is 41.4 Å². The van der Waals surface area contributed by atoms with Crippen molar-refractivity contribution in [1.29, 1.82) is 0 Å². The summed E-state index contributed by atoms with van der Waals surface area (Å²) in [6.07, 6.45) is 4.76. The summed E-state index contributed by atoms with van der Waals surface area (Å²) < 4.78 is 32.2. The molecule has 1 aliphatic carbocycles. The van der Waals surface area contributed by atoms with Gasteiger partial charge in [-0.1, -0.05) is 51.8 Å². The number of phosphoric ester groups is 1. The number of nitrogens with one attached hydrogen (secondary N) is 3. The lowest BCUT2D eigenvalue weighted by molar-refractivity contribution is -0.121. The maximum Gasteiger partial charge on any atom is 0.472 e. The van der Waals surface area contributed by atoms with Gasteiger partial charge < -0.3 is 40.9 Å². The molecule has 11 rings (SSSR count). The number of H-pyrrole nitrogens is 1. The summed E-state index contributed by atoms with van der Waals surface area (Å²) in [5.74, 6) is 0.280. The third-order valence-corrected chi connectivity index (χ3v) is 18.4. The van der Waals surface area contributed by atoms with Gasteiger partial charge in [0.15, 0.2) is 17.4 Å². The van der Waals surface area contributed by atoms with E-state index in [0.29, 0.717) is 50.4 Å². The summed E-state index contributed by atoms with van der Waals surface area (Å²) >= 11 is 0. The van der Waals surface area contributed by atoms with Crippen LogP contribution >= 0.6 is 7.82 Å². The lowest BCUT2D eigenvalue weighted by atomic mass is 9.64. The molecular weight excluding hydrogens is 1010 g/mol. The summed E-state index contributed by atoms with van der Waals surface area (Å²) in [6.45, 7) is 18.5. The van der Waals surface area contributed by atoms with Gasteiger partial charge in [0.1, 0.15) is 31.4 Å². The molecule has 2 amide bonds. The minimum Gasteiger partial charge on any atom is -0.386 e. The van der Waals surface area contributed by atoms with Crippen molar-refractivity contribution in [3.8, 4) is 0 Å². The van der Waals surface area contributed by atoms with E-state index in [2.05, 4.69) is 107 Å². The Morgan fingerprint density at radius 1 is 1.01 bits per heavy atom. The second-order valence-electron chi connectivity index (χ2n) is 23.5. The highest BCUT2D eigenvalue weighted by atomic mass is 31.2. The maximum atomic E-state index is 14.8. The average molecular weight is 1090 g/mol. The van der Waals surface area contributed by atoms with E-state index in [1.807, 2.05) is 19.2 Å². The Bertz CT molecular complexity index is 3460. The number of amides is 2. The number of hydrogen-bond donors (Lipinski definition) is 6. The molecule has 2 unspecified atom stereocenters. The van der Waals surface area contributed by atoms with E-state index < -0.39 is 37.9 Å². The molecule has 3 aromatic carbocycles. The van der Waals surface area contributed by atoms with Gasteiger partial charge in [-0.2, -0.15) is 4.98 Å². The van der Waals surface area contributed by atoms with Crippen LogP contribution in [0.1, 0.15) is 161 Å². The molecule has 0 saturated carbocycles. The maximum absolute atomic E-state index is 14.8. The van der Waals surface area contributed by atoms with Crippen LogP contribution in [0.15, 0.2) is 47.3 Å². The Morgan fingerprint density at radius 3 is 2.55 bits per heavy atom. The fourth-order valence-corrected chi connectivity index (χ4v) is 14.9. The zero-order valence-electron chi connectivity index (χ0n) is 46.1. The molecule has 5 aliphatic heterocycles. The fourth-order valence-electron chi connectivity index (χ4n) is 13.9. The second-order valence-corrected chi connectivity index (χ2v) is 24.9. The number of carbonyl (C=O) groups is 2. The Labute approximate surface area is 454 Å². The van der Waals surface area contributed by atoms with Crippen LogP contribution in [0.5, 0.6) is 0 Å². The Hall–Kier alpha value is -5.95. The molecule has 7 N–H and O–H groups in total. The lowest BCUT2D eigenvalue weighted by Crippen LogP contribution is -2.50. The van der Waals surface area contributed by atoms with Crippen molar-refractivity contribution in [2.24, 2.45) is 0 Å². The molecule has 0 spiro atoms. The van der Waals surface area contributed by atoms with E-state index in [-0.39, 0.29) is 52.4 Å². The van der Waals surface area contributed by atoms with E-state index in [0.717, 1.165) is 82.1 Å². The first-order chi connectivity index (χ1) is 37.3. The third-order valence-electron chi connectivity index (χ3n) is 17.4. The van der Waals surface area contributed by atoms with Crippen LogP contribution in [0.2, 0.25) is 0 Å². The van der Waals surface area contributed by atoms with Crippen LogP contribution in [-0.4, -0.2) is 123 Å². The number of unbranched alkanes of at least 4 members (excludes halogenated alkanes) is 3. The quantitative estimate of drug-likeness (QED) is 0.0407. The molecule has 6 atom stereocenters. The number of carbonyl (C=O) groups excluding carboxylic acids is 2. The molecule has 5 aromatic rings. The number of aromatic nitrogens is 4. The molecular formula is C58H76N10O9P+. The van der Waals surface area contributed by atoms with Crippen LogP contribution in [0.4, 0.5) is 17.6 Å². The average Bonchev–Trinajstić information content (AvgIpc) is 3.69. The second kappa shape index (κ2) is 20.9. The number of aliphatic hydroxyl groups is 1. The summed E-state index contributed by atoms with van der Waals surface area (Å²) in [4.78, 5) is 66.1. The van der Waals surface area contributed by atoms with Gasteiger partial charge in [0.25, 0.3) is 11.5 Å². The van der Waals surface area contributed by atoms with Gasteiger partial charge in [-0.15, -0.1) is 0 Å². The summed E-state index contributed by atoms with van der Waals surface area (Å²) in [7, 11) is -2.53. The number of rotatable bonds is 16. The van der Waals surface area contributed by atoms with Gasteiger partial charge in [-0.25, -0.2) is 14.1 Å². The van der Waals surface area contributed by atoms with Crippen molar-refractivity contribution >= 4 is 54.0 Å². The Kier molecular flexibility index (Phi) is 14.5. The molecule has 20 heteroatoms. The number of anilines is 3. The van der Waals surface area contributed by atoms with E-state index in [4.69, 9.17) is 19.5 Å². The van der Waals surface area contributed by atoms with Crippen molar-refractivity contribution in [3.63, 3.8) is 0 Å². The highest BCUT2D eigenvalue weighted by molar-refractivity contribution is 7.47. The van der Waals surface area contributed by atoms with Crippen LogP contribution < -0.4 is 42.0 Å². The first-order valence-electron chi connectivity index (χ1n) is 28.2. The standard InChI is InChI=1S/C58H75N10O9P/c1-8-67-42-30-41-39(29-38(42)33(2)31-57(67,3)4)45(40-28-34-18-15-26-66-27-16-21-37(48(34)66)46(40)58(41,5)6)35-19-11-12-20-36(35)53(72)65(7)25-17-22-44(69)60-23-13-9-10-14-24-61-56-62-47-51(63-55(59)64-52(47)71)68(56)54-49(70)50-43(76-54)32-75-78(73,74)77-50/h11-12,19-20,28-30,33,43,49-50,54,70H,8-10,13-18,21-27,31-32H2,1-7H3,(H5,59,60,64,69,71,72,73,74)/p+1/t33?,43-,49-,50-,54-/m1/s1. The van der Waals surface area contributed by atoms with E-state index in [9.17, 15) is 28.9 Å². The van der Waals surface area contributed by atoms with Crippen molar-refractivity contribution in [3.05, 3.63) is 108 Å². The van der Waals surface area contributed by atoms with Gasteiger partial charge in [0, 0.05) is 85.8 Å². The number of phosphoric acid groups is 1. The predicted molar refractivity (Wildman–Crippen MR) is 299 cm³/mol. The summed E-state index contributed by atoms with van der Waals surface area (Å²) in [5.41, 5.74) is 17.4. The van der Waals surface area contributed by atoms with Crippen molar-refractivity contribution in [2.75, 3.05) is 68.9 Å². The molecule has 2 saturated heterocycles. The lowest BCUT2D eigenvalue weighted by Gasteiger charge is -2.48. The topological polar surface area (TPSA) is 242 Å². The third kappa shape index (κ3) is 9.65. The number of benzene rings is 3. The Balaban J connectivity index is 0.736. The first-order valence-corrected chi connectivity index (χ1v) is 29.7. The normalized spacial score (nSPS) is 24.5. The molecule has 6 aliphatic rings. The number of nitrogen functional groups attached to an aromatic ring is 1. The van der Waals surface area contributed by atoms with E-state index in [1.165, 1.54) is 54.2 Å². The van der Waals surface area contributed by atoms with Gasteiger partial charge in [-0.05, 0) is 128 Å².